The van der Waals surface area contributed by atoms with Gasteiger partial charge in [-0.1, -0.05) is 0 Å². The number of nitrogens with zero attached hydrogens (tertiary/aromatic N) is 1. The molecule has 25 heavy (non-hydrogen) atoms. The zero-order chi connectivity index (χ0) is 18.7. The minimum absolute atomic E-state index is 0.134. The second-order valence-electron chi connectivity index (χ2n) is 5.41. The average molecular weight is 349 g/mol. The fourth-order valence-corrected chi connectivity index (χ4v) is 2.83. The summed E-state index contributed by atoms with van der Waals surface area (Å²) in [5, 5.41) is 12.5. The van der Waals surface area contributed by atoms with E-state index in [1.165, 1.54) is 25.3 Å². The van der Waals surface area contributed by atoms with Gasteiger partial charge in [-0.25, -0.2) is 4.79 Å². The SMILES string of the molecule is COC(=O)C1=C(C)NC(C)=C(C#N)C1c1cc(N)ccc1OC(F)F. The number of ether oxygens (including phenoxy) is 2. The Morgan fingerprint density at radius 1 is 1.36 bits per heavy atom. The van der Waals surface area contributed by atoms with Gasteiger partial charge in [0.25, 0.3) is 0 Å². The number of anilines is 1. The van der Waals surface area contributed by atoms with Crippen LogP contribution < -0.4 is 15.8 Å². The molecule has 1 aromatic carbocycles. The topological polar surface area (TPSA) is 97.4 Å². The number of hydrogen-bond acceptors (Lipinski definition) is 6. The van der Waals surface area contributed by atoms with Crippen molar-refractivity contribution in [2.45, 2.75) is 26.4 Å². The second-order valence-corrected chi connectivity index (χ2v) is 5.41. The van der Waals surface area contributed by atoms with Gasteiger partial charge in [0.1, 0.15) is 5.75 Å². The number of rotatable bonds is 4. The third-order valence-corrected chi connectivity index (χ3v) is 3.85. The lowest BCUT2D eigenvalue weighted by molar-refractivity contribution is -0.136. The van der Waals surface area contributed by atoms with E-state index in [2.05, 4.69) is 10.1 Å². The first kappa shape index (κ1) is 18.3. The molecule has 2 rings (SSSR count). The van der Waals surface area contributed by atoms with E-state index >= 15 is 0 Å². The molecule has 0 radical (unpaired) electrons. The maximum absolute atomic E-state index is 12.8. The van der Waals surface area contributed by atoms with Gasteiger partial charge in [0.05, 0.1) is 30.2 Å². The molecule has 1 atom stereocenters. The molecule has 1 unspecified atom stereocenters. The van der Waals surface area contributed by atoms with Gasteiger partial charge in [-0.05, 0) is 32.0 Å². The van der Waals surface area contributed by atoms with Crippen molar-refractivity contribution in [1.29, 1.82) is 5.26 Å². The Bertz CT molecular complexity index is 810. The molecule has 0 aliphatic carbocycles. The number of nitriles is 1. The summed E-state index contributed by atoms with van der Waals surface area (Å²) in [6.45, 7) is 0.228. The van der Waals surface area contributed by atoms with E-state index in [1.807, 2.05) is 6.07 Å². The Labute approximate surface area is 143 Å². The van der Waals surface area contributed by atoms with Crippen LogP contribution in [0.2, 0.25) is 0 Å². The molecule has 1 aliphatic heterocycles. The number of nitrogens with one attached hydrogen (secondary N) is 1. The lowest BCUT2D eigenvalue weighted by Gasteiger charge is -2.29. The number of halogens is 2. The van der Waals surface area contributed by atoms with Gasteiger partial charge in [0, 0.05) is 22.6 Å². The predicted octanol–water partition coefficient (Wildman–Crippen LogP) is 2.80. The summed E-state index contributed by atoms with van der Waals surface area (Å²) >= 11 is 0. The van der Waals surface area contributed by atoms with Crippen LogP contribution in [0.3, 0.4) is 0 Å². The van der Waals surface area contributed by atoms with Gasteiger partial charge in [0.2, 0.25) is 0 Å². The van der Waals surface area contributed by atoms with Crippen molar-refractivity contribution in [2.75, 3.05) is 12.8 Å². The van der Waals surface area contributed by atoms with E-state index in [-0.39, 0.29) is 28.1 Å². The number of esters is 1. The van der Waals surface area contributed by atoms with Crippen molar-refractivity contribution in [3.63, 3.8) is 0 Å². The summed E-state index contributed by atoms with van der Waals surface area (Å²) in [6.07, 6.45) is 0. The van der Waals surface area contributed by atoms with E-state index < -0.39 is 18.5 Å². The zero-order valence-electron chi connectivity index (χ0n) is 13.9. The molecule has 0 saturated carbocycles. The Hall–Kier alpha value is -3.08. The molecule has 0 spiro atoms. The van der Waals surface area contributed by atoms with Crippen molar-refractivity contribution >= 4 is 11.7 Å². The molecule has 8 heteroatoms. The highest BCUT2D eigenvalue weighted by atomic mass is 19.3. The summed E-state index contributed by atoms with van der Waals surface area (Å²) in [6, 6.07) is 6.12. The number of nitrogen functional groups attached to an aromatic ring is 1. The molecule has 0 amide bonds. The predicted molar refractivity (Wildman–Crippen MR) is 86.4 cm³/mol. The molecule has 0 aromatic heterocycles. The van der Waals surface area contributed by atoms with Gasteiger partial charge in [-0.3, -0.25) is 0 Å². The van der Waals surface area contributed by atoms with E-state index in [0.29, 0.717) is 11.4 Å². The van der Waals surface area contributed by atoms with Crippen LogP contribution in [0.4, 0.5) is 14.5 Å². The van der Waals surface area contributed by atoms with E-state index in [1.54, 1.807) is 13.8 Å². The molecule has 3 N–H and O–H groups in total. The lowest BCUT2D eigenvalue weighted by atomic mass is 9.80. The van der Waals surface area contributed by atoms with Crippen molar-refractivity contribution < 1.29 is 23.0 Å². The summed E-state index contributed by atoms with van der Waals surface area (Å²) in [4.78, 5) is 12.3. The third kappa shape index (κ3) is 3.55. The van der Waals surface area contributed by atoms with E-state index in [4.69, 9.17) is 10.5 Å². The largest absolute Gasteiger partial charge is 0.466 e. The number of methoxy groups -OCH3 is 1. The lowest BCUT2D eigenvalue weighted by Crippen LogP contribution is -2.28. The van der Waals surface area contributed by atoms with Crippen molar-refractivity contribution in [3.05, 3.63) is 46.3 Å². The Morgan fingerprint density at radius 3 is 2.60 bits per heavy atom. The third-order valence-electron chi connectivity index (χ3n) is 3.85. The molecule has 1 aliphatic rings. The number of nitrogens with two attached hydrogens (primary N) is 1. The van der Waals surface area contributed by atoms with Crippen LogP contribution in [0.15, 0.2) is 40.7 Å². The number of hydrogen-bond donors (Lipinski definition) is 2. The Balaban J connectivity index is 2.74. The normalized spacial score (nSPS) is 17.2. The zero-order valence-corrected chi connectivity index (χ0v) is 13.9. The standard InChI is InChI=1S/C17H17F2N3O3/c1-8-12(7-20)15(14(9(2)22-8)16(23)24-3)11-6-10(21)4-5-13(11)25-17(18)19/h4-6,15,17,22H,21H2,1-3H3. The number of alkyl halides is 2. The van der Waals surface area contributed by atoms with Gasteiger partial charge < -0.3 is 20.5 Å². The molecule has 0 saturated heterocycles. The quantitative estimate of drug-likeness (QED) is 0.641. The first-order chi connectivity index (χ1) is 11.8. The molecular weight excluding hydrogens is 332 g/mol. The molecule has 0 bridgehead atoms. The smallest absolute Gasteiger partial charge is 0.387 e. The minimum Gasteiger partial charge on any atom is -0.466 e. The molecule has 132 valence electrons. The number of carbonyl (C=O) groups is 1. The summed E-state index contributed by atoms with van der Waals surface area (Å²) in [5.41, 5.74) is 7.55. The van der Waals surface area contributed by atoms with Crippen LogP contribution in [0.1, 0.15) is 25.3 Å². The first-order valence-corrected chi connectivity index (χ1v) is 7.31. The van der Waals surface area contributed by atoms with Gasteiger partial charge >= 0.3 is 12.6 Å². The number of carbonyl (C=O) groups excluding carboxylic acids is 1. The van der Waals surface area contributed by atoms with Crippen LogP contribution in [-0.4, -0.2) is 19.7 Å². The van der Waals surface area contributed by atoms with Crippen LogP contribution in [0.5, 0.6) is 5.75 Å². The number of dihydropyridines is 1. The van der Waals surface area contributed by atoms with Gasteiger partial charge in [0.15, 0.2) is 0 Å². The van der Waals surface area contributed by atoms with Crippen LogP contribution in [-0.2, 0) is 9.53 Å². The van der Waals surface area contributed by atoms with Crippen LogP contribution >= 0.6 is 0 Å². The fourth-order valence-electron chi connectivity index (χ4n) is 2.83. The van der Waals surface area contributed by atoms with Crippen molar-refractivity contribution in [3.8, 4) is 11.8 Å². The average Bonchev–Trinajstić information content (AvgIpc) is 2.54. The summed E-state index contributed by atoms with van der Waals surface area (Å²) in [5.74, 6) is -1.78. The molecule has 1 heterocycles. The Kier molecular flexibility index (Phi) is 5.27. The minimum atomic E-state index is -3.06. The molecular formula is C17H17F2N3O3. The van der Waals surface area contributed by atoms with Crippen molar-refractivity contribution in [1.82, 2.24) is 5.32 Å². The second kappa shape index (κ2) is 7.21. The van der Waals surface area contributed by atoms with Gasteiger partial charge in [-0.15, -0.1) is 0 Å². The van der Waals surface area contributed by atoms with Crippen LogP contribution in [0, 0.1) is 11.3 Å². The molecule has 1 aromatic rings. The Morgan fingerprint density at radius 2 is 2.04 bits per heavy atom. The number of allylic oxidation sites excluding steroid dienone is 3. The fraction of sp³-hybridized carbons (Fsp3) is 0.294. The number of benzene rings is 1. The highest BCUT2D eigenvalue weighted by Crippen LogP contribution is 2.43. The maximum Gasteiger partial charge on any atom is 0.387 e. The van der Waals surface area contributed by atoms with Crippen LogP contribution in [0.25, 0.3) is 0 Å². The van der Waals surface area contributed by atoms with Crippen molar-refractivity contribution in [2.24, 2.45) is 0 Å². The highest BCUT2D eigenvalue weighted by Gasteiger charge is 2.36. The monoisotopic (exact) mass is 349 g/mol. The van der Waals surface area contributed by atoms with Gasteiger partial charge in [-0.2, -0.15) is 14.0 Å². The summed E-state index contributed by atoms with van der Waals surface area (Å²) < 4.78 is 34.9. The summed E-state index contributed by atoms with van der Waals surface area (Å²) in [7, 11) is 1.20. The van der Waals surface area contributed by atoms with E-state index in [9.17, 15) is 18.8 Å². The molecule has 6 nitrogen and oxygen atoms in total. The highest BCUT2D eigenvalue weighted by molar-refractivity contribution is 5.93. The van der Waals surface area contributed by atoms with E-state index in [0.717, 1.165) is 0 Å². The molecule has 0 fully saturated rings. The maximum atomic E-state index is 12.8. The first-order valence-electron chi connectivity index (χ1n) is 7.31.